The zero-order valence-electron chi connectivity index (χ0n) is 14.9. The average molecular weight is 414 g/mol. The Balaban J connectivity index is 3.74. The third kappa shape index (κ3) is 4.52. The fourth-order valence-electron chi connectivity index (χ4n) is 3.11. The van der Waals surface area contributed by atoms with Gasteiger partial charge in [0.15, 0.2) is 24.4 Å². The Hall–Kier alpha value is -3.28. The molecule has 0 bridgehead atoms. The van der Waals surface area contributed by atoms with Crippen molar-refractivity contribution in [3.05, 3.63) is 40.5 Å². The first kappa shape index (κ1) is 22.8. The van der Waals surface area contributed by atoms with Crippen molar-refractivity contribution >= 4 is 0 Å². The van der Waals surface area contributed by atoms with Crippen molar-refractivity contribution in [2.75, 3.05) is 0 Å². The van der Waals surface area contributed by atoms with Gasteiger partial charge in [0.25, 0.3) is 20.3 Å². The normalized spacial score (nSPS) is 29.0. The molecule has 0 N–H and O–H groups in total. The number of hydrogen-bond donors (Lipinski definition) is 0. The van der Waals surface area contributed by atoms with Crippen molar-refractivity contribution < 1.29 is 44.9 Å². The Morgan fingerprint density at radius 1 is 0.643 bits per heavy atom. The van der Waals surface area contributed by atoms with Crippen LogP contribution in [0.1, 0.15) is 27.7 Å². The molecule has 18 heteroatoms. The van der Waals surface area contributed by atoms with Crippen LogP contribution in [0.25, 0.3) is 0 Å². The van der Waals surface area contributed by atoms with Crippen molar-refractivity contribution in [3.63, 3.8) is 0 Å². The average Bonchev–Trinajstić information content (AvgIpc) is 2.54. The molecule has 0 amide bonds. The maximum Gasteiger partial charge on any atom is 0.294 e. The van der Waals surface area contributed by atoms with E-state index in [2.05, 4.69) is 19.4 Å². The van der Waals surface area contributed by atoms with Gasteiger partial charge in [-0.3, -0.25) is 0 Å². The van der Waals surface area contributed by atoms with Gasteiger partial charge in [0.1, 0.15) is 0 Å². The van der Waals surface area contributed by atoms with E-state index >= 15 is 0 Å². The lowest BCUT2D eigenvalue weighted by atomic mass is 9.91. The van der Waals surface area contributed by atoms with E-state index in [1.807, 2.05) is 0 Å². The van der Waals surface area contributed by atoms with Gasteiger partial charge in [-0.25, -0.2) is 0 Å². The smallest absolute Gasteiger partial charge is 0.294 e. The molecule has 1 radical (unpaired) electrons. The highest BCUT2D eigenvalue weighted by Gasteiger charge is 2.63. The summed E-state index contributed by atoms with van der Waals surface area (Å²) in [5.74, 6) is 0. The molecular formula is C10H16N5O13. The summed E-state index contributed by atoms with van der Waals surface area (Å²) in [4.78, 5) is 60.8. The molecule has 0 aliphatic carbocycles. The minimum Gasteiger partial charge on any atom is -0.306 e. The molecule has 1 aliphatic rings. The van der Waals surface area contributed by atoms with Gasteiger partial charge in [-0.1, -0.05) is 0 Å². The van der Waals surface area contributed by atoms with E-state index in [1.54, 1.807) is 0 Å². The molecule has 4 atom stereocenters. The van der Waals surface area contributed by atoms with Gasteiger partial charge < -0.3 is 19.4 Å². The standard InChI is InChI=1S/C10H16N5O13/c1-9(2)7(27-14(21)22)5(25-12(17)18)6(26-13(19)20)8(28-15(23)24)10(3,4)11(9)16/h5-8H,1-4H3. The minimum absolute atomic E-state index is 0.0853. The second kappa shape index (κ2) is 7.76. The van der Waals surface area contributed by atoms with Gasteiger partial charge in [0.2, 0.25) is 0 Å². The van der Waals surface area contributed by atoms with Crippen molar-refractivity contribution in [3.8, 4) is 0 Å². The van der Waals surface area contributed by atoms with E-state index in [1.165, 1.54) is 0 Å². The quantitative estimate of drug-likeness (QED) is 0.360. The Morgan fingerprint density at radius 2 is 0.893 bits per heavy atom. The molecule has 1 saturated heterocycles. The van der Waals surface area contributed by atoms with Crippen molar-refractivity contribution in [2.24, 2.45) is 0 Å². The first-order valence-corrected chi connectivity index (χ1v) is 7.34. The van der Waals surface area contributed by atoms with Crippen LogP contribution in [0.15, 0.2) is 0 Å². The highest BCUT2D eigenvalue weighted by Crippen LogP contribution is 2.41. The zero-order chi connectivity index (χ0) is 22.0. The summed E-state index contributed by atoms with van der Waals surface area (Å²) < 4.78 is 0. The third-order valence-electron chi connectivity index (χ3n) is 4.17. The first-order chi connectivity index (χ1) is 12.6. The van der Waals surface area contributed by atoms with Crippen LogP contribution in [0.4, 0.5) is 0 Å². The number of hydrogen-bond acceptors (Lipinski definition) is 13. The monoisotopic (exact) mass is 414 g/mol. The van der Waals surface area contributed by atoms with E-state index in [0.717, 1.165) is 27.7 Å². The van der Waals surface area contributed by atoms with Crippen LogP contribution in [-0.4, -0.2) is 60.9 Å². The molecular weight excluding hydrogens is 398 g/mol. The van der Waals surface area contributed by atoms with Gasteiger partial charge in [-0.2, -0.15) is 0 Å². The molecule has 0 aromatic carbocycles. The zero-order valence-corrected chi connectivity index (χ0v) is 14.9. The highest BCUT2D eigenvalue weighted by atomic mass is 17.0. The second-order valence-corrected chi connectivity index (χ2v) is 6.69. The molecule has 1 fully saturated rings. The van der Waals surface area contributed by atoms with Crippen LogP contribution in [0.3, 0.4) is 0 Å². The summed E-state index contributed by atoms with van der Waals surface area (Å²) in [5.41, 5.74) is -4.05. The maximum absolute atomic E-state index is 12.9. The largest absolute Gasteiger partial charge is 0.306 e. The second-order valence-electron chi connectivity index (χ2n) is 6.69. The Kier molecular flexibility index (Phi) is 6.31. The van der Waals surface area contributed by atoms with Crippen LogP contribution in [0, 0.1) is 40.5 Å². The summed E-state index contributed by atoms with van der Waals surface area (Å²) in [6, 6.07) is 0. The van der Waals surface area contributed by atoms with E-state index in [0.29, 0.717) is 0 Å². The summed E-state index contributed by atoms with van der Waals surface area (Å²) >= 11 is 0. The van der Waals surface area contributed by atoms with Crippen LogP contribution in [0.2, 0.25) is 0 Å². The highest BCUT2D eigenvalue weighted by molar-refractivity contribution is 5.08. The van der Waals surface area contributed by atoms with Gasteiger partial charge in [0.05, 0.1) is 11.1 Å². The van der Waals surface area contributed by atoms with Crippen LogP contribution in [0.5, 0.6) is 0 Å². The van der Waals surface area contributed by atoms with E-state index in [4.69, 9.17) is 0 Å². The van der Waals surface area contributed by atoms with Gasteiger partial charge in [-0.15, -0.1) is 50.7 Å². The maximum atomic E-state index is 12.9. The Morgan fingerprint density at radius 3 is 1.11 bits per heavy atom. The van der Waals surface area contributed by atoms with E-state index in [-0.39, 0.29) is 5.06 Å². The molecule has 4 unspecified atom stereocenters. The van der Waals surface area contributed by atoms with Crippen LogP contribution < -0.4 is 0 Å². The predicted octanol–water partition coefficient (Wildman–Crippen LogP) is -0.488. The fourth-order valence-corrected chi connectivity index (χ4v) is 3.11. The van der Waals surface area contributed by atoms with Gasteiger partial charge in [-0.05, 0) is 27.7 Å². The molecule has 1 heterocycles. The molecule has 0 saturated carbocycles. The van der Waals surface area contributed by atoms with Crippen LogP contribution >= 0.6 is 0 Å². The van der Waals surface area contributed by atoms with Gasteiger partial charge in [0, 0.05) is 0 Å². The molecule has 0 spiro atoms. The molecule has 1 rings (SSSR count). The topological polar surface area (TPSA) is 233 Å². The lowest BCUT2D eigenvalue weighted by Crippen LogP contribution is -2.62. The molecule has 28 heavy (non-hydrogen) atoms. The van der Waals surface area contributed by atoms with Crippen LogP contribution in [-0.2, 0) is 24.6 Å². The molecule has 159 valence electrons. The predicted molar refractivity (Wildman–Crippen MR) is 78.2 cm³/mol. The fraction of sp³-hybridized carbons (Fsp3) is 1.00. The van der Waals surface area contributed by atoms with E-state index < -0.39 is 55.8 Å². The lowest BCUT2D eigenvalue weighted by molar-refractivity contribution is -0.827. The molecule has 0 aromatic rings. The SMILES string of the molecule is CC1(C)C(O[N+](=O)[O-])C(O[N+](=O)[O-])C(O[N+](=O)[O-])C(O[N+](=O)[O-])C(C)(C)N1[O]. The molecule has 18 nitrogen and oxygen atoms in total. The summed E-state index contributed by atoms with van der Waals surface area (Å²) in [6.07, 6.45) is -8.95. The molecule has 1 aliphatic heterocycles. The Labute approximate surface area is 154 Å². The summed E-state index contributed by atoms with van der Waals surface area (Å²) in [6.45, 7) is 4.24. The Bertz CT molecular complexity index is 600. The number of hydroxylamine groups is 2. The number of nitrogens with zero attached hydrogens (tertiary/aromatic N) is 5. The summed E-state index contributed by atoms with van der Waals surface area (Å²) in [7, 11) is 0. The van der Waals surface area contributed by atoms with Crippen molar-refractivity contribution in [1.29, 1.82) is 0 Å². The molecule has 0 aromatic heterocycles. The summed E-state index contributed by atoms with van der Waals surface area (Å²) in [5, 5.41) is 50.8. The third-order valence-corrected chi connectivity index (χ3v) is 4.17. The minimum atomic E-state index is -2.33. The van der Waals surface area contributed by atoms with Crippen molar-refractivity contribution in [1.82, 2.24) is 5.06 Å². The van der Waals surface area contributed by atoms with E-state index in [9.17, 15) is 45.7 Å². The first-order valence-electron chi connectivity index (χ1n) is 7.34. The number of rotatable bonds is 8. The van der Waals surface area contributed by atoms with Crippen molar-refractivity contribution in [2.45, 2.75) is 63.2 Å². The lowest BCUT2D eigenvalue weighted by Gasteiger charge is -2.44. The van der Waals surface area contributed by atoms with Gasteiger partial charge >= 0.3 is 0 Å².